The largest absolute Gasteiger partial charge is 0.328 e. The van der Waals surface area contributed by atoms with Crippen LogP contribution in [0.15, 0.2) is 42.5 Å². The third kappa shape index (κ3) is 7.03. The molecule has 2 aromatic rings. The Balaban J connectivity index is 0.00000342. The molecule has 1 amide bonds. The van der Waals surface area contributed by atoms with Crippen LogP contribution in [0.3, 0.4) is 0 Å². The Morgan fingerprint density at radius 2 is 1.83 bits per heavy atom. The number of fused-ring (bicyclic) bond motifs is 2. The molecule has 3 N–H and O–H groups in total. The molecular formula is C24H29Cl2FN4O3S. The molecular weight excluding hydrogens is 514 g/mol. The van der Waals surface area contributed by atoms with Crippen LogP contribution in [0, 0.1) is 12.7 Å². The lowest BCUT2D eigenvalue weighted by atomic mass is 10.00. The van der Waals surface area contributed by atoms with Crippen molar-refractivity contribution in [3.05, 3.63) is 75.6 Å². The number of halogens is 3. The summed E-state index contributed by atoms with van der Waals surface area (Å²) in [7, 11) is -3.76. The Morgan fingerprint density at radius 3 is 2.43 bits per heavy atom. The molecule has 2 saturated heterocycles. The number of hydrogen-bond donors (Lipinski definition) is 2. The fourth-order valence-corrected chi connectivity index (χ4v) is 5.58. The van der Waals surface area contributed by atoms with Crippen LogP contribution in [0.4, 0.5) is 4.39 Å². The molecule has 2 heterocycles. The second-order valence-corrected chi connectivity index (χ2v) is 11.0. The van der Waals surface area contributed by atoms with Gasteiger partial charge in [-0.05, 0) is 53.5 Å². The molecule has 0 aromatic heterocycles. The summed E-state index contributed by atoms with van der Waals surface area (Å²) in [5.74, 6) is -0.736. The molecule has 4 rings (SSSR count). The van der Waals surface area contributed by atoms with Gasteiger partial charge in [-0.1, -0.05) is 29.8 Å². The first-order valence-electron chi connectivity index (χ1n) is 11.1. The Hall–Kier alpha value is -2.01. The van der Waals surface area contributed by atoms with Gasteiger partial charge in [-0.25, -0.2) is 17.9 Å². The van der Waals surface area contributed by atoms with E-state index >= 15 is 0 Å². The molecule has 0 spiro atoms. The summed E-state index contributed by atoms with van der Waals surface area (Å²) in [5, 5.41) is 9.08. The van der Waals surface area contributed by atoms with Crippen LogP contribution < -0.4 is 10.5 Å². The quantitative estimate of drug-likeness (QED) is 0.547. The van der Waals surface area contributed by atoms with Crippen LogP contribution in [0.5, 0.6) is 0 Å². The van der Waals surface area contributed by atoms with Crippen LogP contribution in [-0.2, 0) is 27.1 Å². The zero-order valence-corrected chi connectivity index (χ0v) is 21.7. The molecule has 0 radical (unpaired) electrons. The predicted octanol–water partition coefficient (Wildman–Crippen LogP) is 2.70. The van der Waals surface area contributed by atoms with Gasteiger partial charge in [0.15, 0.2) is 0 Å². The summed E-state index contributed by atoms with van der Waals surface area (Å²) >= 11 is 6.18. The second kappa shape index (κ2) is 11.4. The van der Waals surface area contributed by atoms with Crippen molar-refractivity contribution >= 4 is 46.0 Å². The van der Waals surface area contributed by atoms with Gasteiger partial charge in [-0.15, -0.1) is 12.4 Å². The normalized spacial score (nSPS) is 20.6. The van der Waals surface area contributed by atoms with E-state index in [4.69, 9.17) is 16.7 Å². The maximum atomic E-state index is 13.2. The van der Waals surface area contributed by atoms with Gasteiger partial charge in [0, 0.05) is 43.8 Å². The molecule has 0 aliphatic carbocycles. The molecule has 2 fully saturated rings. The lowest BCUT2D eigenvalue weighted by molar-refractivity contribution is -0.136. The molecule has 2 atom stereocenters. The first-order valence-corrected chi connectivity index (χ1v) is 13.2. The van der Waals surface area contributed by atoms with Crippen molar-refractivity contribution in [2.24, 2.45) is 5.14 Å². The number of primary sulfonamides is 1. The molecule has 7 nitrogen and oxygen atoms in total. The summed E-state index contributed by atoms with van der Waals surface area (Å²) in [5.41, 5.74) is 2.87. The number of benzene rings is 2. The minimum atomic E-state index is -3.76. The van der Waals surface area contributed by atoms with Crippen molar-refractivity contribution < 1.29 is 17.6 Å². The predicted molar refractivity (Wildman–Crippen MR) is 138 cm³/mol. The number of rotatable bonds is 6. The van der Waals surface area contributed by atoms with Crippen molar-refractivity contribution in [3.8, 4) is 0 Å². The Kier molecular flexibility index (Phi) is 8.96. The highest BCUT2D eigenvalue weighted by Crippen LogP contribution is 2.25. The molecule has 190 valence electrons. The number of hydrogen-bond acceptors (Lipinski definition) is 5. The molecule has 2 bridgehead atoms. The van der Waals surface area contributed by atoms with Gasteiger partial charge in [0.2, 0.25) is 15.9 Å². The van der Waals surface area contributed by atoms with Crippen molar-refractivity contribution in [3.63, 3.8) is 0 Å². The summed E-state index contributed by atoms with van der Waals surface area (Å²) in [6, 6.07) is 9.85. The van der Waals surface area contributed by atoms with Gasteiger partial charge in [0.05, 0.1) is 17.8 Å². The topological polar surface area (TPSA) is 95.7 Å². The number of nitrogens with zero attached hydrogens (tertiary/aromatic N) is 2. The van der Waals surface area contributed by atoms with E-state index in [1.807, 2.05) is 11.8 Å². The number of carbonyl (C=O) groups is 1. The molecule has 2 unspecified atom stereocenters. The maximum absolute atomic E-state index is 13.2. The van der Waals surface area contributed by atoms with Crippen LogP contribution >= 0.6 is 24.0 Å². The third-order valence-electron chi connectivity index (χ3n) is 6.24. The van der Waals surface area contributed by atoms with Crippen LogP contribution in [0.2, 0.25) is 5.02 Å². The molecule has 0 saturated carbocycles. The number of nitrogens with one attached hydrogen (secondary N) is 1. The van der Waals surface area contributed by atoms with E-state index in [0.29, 0.717) is 48.9 Å². The molecule has 2 aliphatic rings. The van der Waals surface area contributed by atoms with Gasteiger partial charge < -0.3 is 10.2 Å². The summed E-state index contributed by atoms with van der Waals surface area (Å²) in [4.78, 5) is 17.4. The average Bonchev–Trinajstić information content (AvgIpc) is 2.75. The number of sulfonamides is 1. The maximum Gasteiger partial charge on any atom is 0.247 e. The van der Waals surface area contributed by atoms with E-state index in [1.165, 1.54) is 18.2 Å². The van der Waals surface area contributed by atoms with Crippen molar-refractivity contribution in [2.45, 2.75) is 31.3 Å². The number of nitrogens with two attached hydrogens (primary N) is 1. The molecule has 2 aromatic carbocycles. The van der Waals surface area contributed by atoms with Crippen LogP contribution in [0.25, 0.3) is 6.08 Å². The smallest absolute Gasteiger partial charge is 0.247 e. The lowest BCUT2D eigenvalue weighted by Crippen LogP contribution is -2.68. The van der Waals surface area contributed by atoms with Crippen molar-refractivity contribution in [1.82, 2.24) is 15.1 Å². The zero-order valence-electron chi connectivity index (χ0n) is 19.3. The highest BCUT2D eigenvalue weighted by atomic mass is 35.5. The highest BCUT2D eigenvalue weighted by Gasteiger charge is 2.39. The fourth-order valence-electron chi connectivity index (χ4n) is 4.71. The van der Waals surface area contributed by atoms with Crippen molar-refractivity contribution in [1.29, 1.82) is 0 Å². The van der Waals surface area contributed by atoms with Crippen molar-refractivity contribution in [2.75, 3.05) is 26.2 Å². The summed E-state index contributed by atoms with van der Waals surface area (Å²) < 4.78 is 36.5. The SMILES string of the molecule is Cc1cc(/C=C/C(=O)N2C3CNCC2CN(Cc2ccc(F)cc2)C3)c(CS(N)(=O)=O)cc1Cl.Cl. The third-order valence-corrected chi connectivity index (χ3v) is 7.36. The van der Waals surface area contributed by atoms with E-state index in [2.05, 4.69) is 10.2 Å². The van der Waals surface area contributed by atoms with Crippen LogP contribution in [0.1, 0.15) is 22.3 Å². The van der Waals surface area contributed by atoms with Crippen LogP contribution in [-0.4, -0.2) is 62.4 Å². The minimum Gasteiger partial charge on any atom is -0.328 e. The van der Waals surface area contributed by atoms with E-state index < -0.39 is 10.0 Å². The van der Waals surface area contributed by atoms with E-state index in [1.54, 1.807) is 30.3 Å². The average molecular weight is 543 g/mol. The molecule has 35 heavy (non-hydrogen) atoms. The summed E-state index contributed by atoms with van der Waals surface area (Å²) in [6.07, 6.45) is 3.14. The first kappa shape index (κ1) is 27.6. The lowest BCUT2D eigenvalue weighted by Gasteiger charge is -2.50. The number of aryl methyl sites for hydroxylation is 1. The highest BCUT2D eigenvalue weighted by molar-refractivity contribution is 7.88. The minimum absolute atomic E-state index is 0. The Bertz CT molecular complexity index is 1190. The van der Waals surface area contributed by atoms with Gasteiger partial charge in [0.25, 0.3) is 0 Å². The summed E-state index contributed by atoms with van der Waals surface area (Å²) in [6.45, 7) is 5.30. The second-order valence-electron chi connectivity index (χ2n) is 8.97. The van der Waals surface area contributed by atoms with E-state index in [-0.39, 0.29) is 42.0 Å². The molecule has 11 heteroatoms. The monoisotopic (exact) mass is 542 g/mol. The van der Waals surface area contributed by atoms with Gasteiger partial charge >= 0.3 is 0 Å². The van der Waals surface area contributed by atoms with Gasteiger partial charge in [-0.2, -0.15) is 0 Å². The Labute approximate surface area is 216 Å². The zero-order chi connectivity index (χ0) is 24.5. The van der Waals surface area contributed by atoms with E-state index in [9.17, 15) is 17.6 Å². The van der Waals surface area contributed by atoms with E-state index in [0.717, 1.165) is 11.1 Å². The standard InChI is InChI=1S/C24H28ClFN4O3S.ClH/c1-16-8-18(19(9-23(16)25)15-34(27,32)33)4-7-24(31)30-21-10-28-11-22(30)14-29(13-21)12-17-2-5-20(26)6-3-17;/h2-9,21-22,28H,10-15H2,1H3,(H2,27,32,33);1H/b7-4+;. The molecule has 2 aliphatic heterocycles. The first-order chi connectivity index (χ1) is 16.1. The van der Waals surface area contributed by atoms with Gasteiger partial charge in [-0.3, -0.25) is 9.69 Å². The Morgan fingerprint density at radius 1 is 1.20 bits per heavy atom. The number of carbonyl (C=O) groups excluding carboxylic acids is 1. The number of amides is 1. The fraction of sp³-hybridized carbons (Fsp3) is 0.375. The van der Waals surface area contributed by atoms with Gasteiger partial charge in [0.1, 0.15) is 5.82 Å². The number of piperazine rings is 2.